The lowest BCUT2D eigenvalue weighted by atomic mass is 9.81. The van der Waals surface area contributed by atoms with E-state index >= 15 is 0 Å². The lowest BCUT2D eigenvalue weighted by molar-refractivity contribution is -0.383. The Hall–Kier alpha value is -2.76. The summed E-state index contributed by atoms with van der Waals surface area (Å²) in [7, 11) is 0. The molecule has 0 radical (unpaired) electrons. The number of anilines is 1. The Balaban J connectivity index is 1.50. The number of carbonyl (C=O) groups excluding carboxylic acids is 2. The maximum absolute atomic E-state index is 13.2. The molecular weight excluding hydrogens is 332 g/mol. The summed E-state index contributed by atoms with van der Waals surface area (Å²) in [5, 5.41) is 12.4. The van der Waals surface area contributed by atoms with Crippen LogP contribution in [0.5, 0.6) is 0 Å². The van der Waals surface area contributed by atoms with E-state index < -0.39 is 4.92 Å². The van der Waals surface area contributed by atoms with Gasteiger partial charge in [-0.2, -0.15) is 0 Å². The zero-order chi connectivity index (χ0) is 17.7. The van der Waals surface area contributed by atoms with Gasteiger partial charge in [-0.05, 0) is 48.6 Å². The van der Waals surface area contributed by atoms with E-state index in [-0.39, 0.29) is 29.3 Å². The summed E-state index contributed by atoms with van der Waals surface area (Å²) in [6.45, 7) is 0. The van der Waals surface area contributed by atoms with Crippen LogP contribution in [0.3, 0.4) is 0 Å². The van der Waals surface area contributed by atoms with Gasteiger partial charge in [0.1, 0.15) is 0 Å². The van der Waals surface area contributed by atoms with Gasteiger partial charge in [0, 0.05) is 11.5 Å². The number of hydrogen-bond donors (Lipinski definition) is 0. The summed E-state index contributed by atoms with van der Waals surface area (Å²) in [5.74, 6) is 1.46. The molecule has 1 saturated heterocycles. The number of fused-ring (bicyclic) bond motifs is 9. The van der Waals surface area contributed by atoms with Crippen molar-refractivity contribution in [3.8, 4) is 0 Å². The fraction of sp³-hybridized carbons (Fsp3) is 0.400. The van der Waals surface area contributed by atoms with Crippen molar-refractivity contribution in [2.75, 3.05) is 4.90 Å². The molecule has 2 amide bonds. The van der Waals surface area contributed by atoms with E-state index in [1.165, 1.54) is 17.4 Å². The van der Waals surface area contributed by atoms with E-state index in [4.69, 9.17) is 0 Å². The van der Waals surface area contributed by atoms with Crippen molar-refractivity contribution in [1.29, 1.82) is 0 Å². The van der Waals surface area contributed by atoms with Gasteiger partial charge in [0.05, 0.1) is 27.8 Å². The van der Waals surface area contributed by atoms with Crippen molar-refractivity contribution in [1.82, 2.24) is 0 Å². The third-order valence-electron chi connectivity index (χ3n) is 7.17. The summed E-state index contributed by atoms with van der Waals surface area (Å²) < 4.78 is 0. The highest BCUT2D eigenvalue weighted by atomic mass is 16.6. The molecule has 1 unspecified atom stereocenters. The number of nitro benzene ring substituents is 1. The Morgan fingerprint density at radius 3 is 2.04 bits per heavy atom. The number of benzene rings is 2. The fourth-order valence-electron chi connectivity index (χ4n) is 6.18. The first-order valence-electron chi connectivity index (χ1n) is 9.12. The SMILES string of the molecule is O=C1C2[C@H]3C[C@H]([C@@H]4C[C@@H]43)[C@H]2C(=O)N1c1ccc([N+](=O)[O-])c2ccccc12. The van der Waals surface area contributed by atoms with Crippen LogP contribution < -0.4 is 4.90 Å². The van der Waals surface area contributed by atoms with Gasteiger partial charge >= 0.3 is 0 Å². The number of nitrogens with zero attached hydrogens (tertiary/aromatic N) is 2. The Labute approximate surface area is 148 Å². The molecule has 4 aliphatic rings. The molecule has 6 atom stereocenters. The quantitative estimate of drug-likeness (QED) is 0.474. The van der Waals surface area contributed by atoms with Crippen LogP contribution in [-0.2, 0) is 9.59 Å². The molecule has 0 spiro atoms. The molecule has 3 aliphatic carbocycles. The normalized spacial score (nSPS) is 36.5. The monoisotopic (exact) mass is 348 g/mol. The Morgan fingerprint density at radius 1 is 0.846 bits per heavy atom. The van der Waals surface area contributed by atoms with Crippen molar-refractivity contribution in [3.63, 3.8) is 0 Å². The highest BCUT2D eigenvalue weighted by Gasteiger charge is 2.72. The van der Waals surface area contributed by atoms with Crippen LogP contribution >= 0.6 is 0 Å². The number of nitro groups is 1. The molecule has 0 aromatic heterocycles. The van der Waals surface area contributed by atoms with Gasteiger partial charge in [-0.1, -0.05) is 18.2 Å². The van der Waals surface area contributed by atoms with Crippen LogP contribution in [0, 0.1) is 45.6 Å². The summed E-state index contributed by atoms with van der Waals surface area (Å²) >= 11 is 0. The van der Waals surface area contributed by atoms with Gasteiger partial charge in [0.2, 0.25) is 11.8 Å². The highest BCUT2D eigenvalue weighted by molar-refractivity contribution is 6.25. The van der Waals surface area contributed by atoms with E-state index in [0.29, 0.717) is 40.1 Å². The first kappa shape index (κ1) is 14.4. The van der Waals surface area contributed by atoms with Gasteiger partial charge in [-0.25, -0.2) is 4.90 Å². The van der Waals surface area contributed by atoms with Crippen LogP contribution in [0.15, 0.2) is 36.4 Å². The van der Waals surface area contributed by atoms with Crippen LogP contribution in [0.4, 0.5) is 11.4 Å². The summed E-state index contributed by atoms with van der Waals surface area (Å²) in [5.41, 5.74) is 0.480. The van der Waals surface area contributed by atoms with Crippen LogP contribution in [0.25, 0.3) is 10.8 Å². The number of carbonyl (C=O) groups is 2. The van der Waals surface area contributed by atoms with Gasteiger partial charge < -0.3 is 0 Å². The van der Waals surface area contributed by atoms with Gasteiger partial charge in [-0.15, -0.1) is 0 Å². The average molecular weight is 348 g/mol. The molecule has 3 saturated carbocycles. The smallest absolute Gasteiger partial charge is 0.274 e. The maximum atomic E-state index is 13.2. The van der Waals surface area contributed by atoms with Crippen LogP contribution in [0.2, 0.25) is 0 Å². The van der Waals surface area contributed by atoms with Crippen molar-refractivity contribution >= 4 is 34.0 Å². The molecule has 1 aliphatic heterocycles. The van der Waals surface area contributed by atoms with E-state index in [9.17, 15) is 19.7 Å². The van der Waals surface area contributed by atoms with Crippen molar-refractivity contribution < 1.29 is 14.5 Å². The molecule has 26 heavy (non-hydrogen) atoms. The van der Waals surface area contributed by atoms with Gasteiger partial charge in [0.15, 0.2) is 0 Å². The molecule has 1 heterocycles. The number of hydrogen-bond acceptors (Lipinski definition) is 4. The minimum absolute atomic E-state index is 0.00930. The maximum Gasteiger partial charge on any atom is 0.277 e. The highest BCUT2D eigenvalue weighted by Crippen LogP contribution is 2.71. The lowest BCUT2D eigenvalue weighted by Crippen LogP contribution is -2.33. The number of imide groups is 1. The minimum atomic E-state index is -0.428. The molecule has 6 nitrogen and oxygen atoms in total. The summed E-state index contributed by atoms with van der Waals surface area (Å²) in [6, 6.07) is 9.88. The topological polar surface area (TPSA) is 80.5 Å². The lowest BCUT2D eigenvalue weighted by Gasteiger charge is -2.20. The molecule has 4 fully saturated rings. The zero-order valence-corrected chi connectivity index (χ0v) is 13.9. The minimum Gasteiger partial charge on any atom is -0.274 e. The van der Waals surface area contributed by atoms with Crippen LogP contribution in [-0.4, -0.2) is 16.7 Å². The van der Waals surface area contributed by atoms with E-state index in [0.717, 1.165) is 6.42 Å². The molecule has 0 N–H and O–H groups in total. The predicted octanol–water partition coefficient (Wildman–Crippen LogP) is 3.14. The second-order valence-electron chi connectivity index (χ2n) is 8.10. The van der Waals surface area contributed by atoms with E-state index in [1.54, 1.807) is 30.3 Å². The second kappa shape index (κ2) is 4.50. The first-order valence-corrected chi connectivity index (χ1v) is 9.12. The average Bonchev–Trinajstić information content (AvgIpc) is 3.15. The van der Waals surface area contributed by atoms with Crippen molar-refractivity contribution in [3.05, 3.63) is 46.5 Å². The van der Waals surface area contributed by atoms with E-state index in [1.807, 2.05) is 0 Å². The Kier molecular flexibility index (Phi) is 2.49. The third-order valence-corrected chi connectivity index (χ3v) is 7.17. The first-order chi connectivity index (χ1) is 12.6. The molecule has 130 valence electrons. The Bertz CT molecular complexity index is 1000. The molecule has 6 heteroatoms. The standard InChI is InChI=1S/C20H16N2O4/c23-19-17-13-8-14(12-7-11(12)13)18(17)20(24)21(19)15-5-6-16(22(25)26)10-4-2-1-3-9(10)15/h1-6,11-14,17-18H,7-8H2/t11-,12+,13-,14+,17-,18?/m1/s1. The van der Waals surface area contributed by atoms with Crippen LogP contribution in [0.1, 0.15) is 12.8 Å². The summed E-state index contributed by atoms with van der Waals surface area (Å²) in [4.78, 5) is 38.6. The molecule has 2 aromatic carbocycles. The second-order valence-corrected chi connectivity index (χ2v) is 8.10. The molecule has 2 bridgehead atoms. The van der Waals surface area contributed by atoms with Gasteiger partial charge in [0.25, 0.3) is 5.69 Å². The zero-order valence-electron chi connectivity index (χ0n) is 13.9. The van der Waals surface area contributed by atoms with E-state index in [2.05, 4.69) is 0 Å². The number of non-ortho nitro benzene ring substituents is 1. The summed E-state index contributed by atoms with van der Waals surface area (Å²) in [6.07, 6.45) is 2.21. The largest absolute Gasteiger partial charge is 0.277 e. The number of amides is 2. The fourth-order valence-corrected chi connectivity index (χ4v) is 6.18. The molecular formula is C20H16N2O4. The Morgan fingerprint density at radius 2 is 1.42 bits per heavy atom. The molecule has 2 aromatic rings. The number of rotatable bonds is 2. The van der Waals surface area contributed by atoms with Crippen molar-refractivity contribution in [2.45, 2.75) is 12.8 Å². The van der Waals surface area contributed by atoms with Crippen molar-refractivity contribution in [2.24, 2.45) is 35.5 Å². The predicted molar refractivity (Wildman–Crippen MR) is 93.3 cm³/mol. The molecule has 6 rings (SSSR count). The third kappa shape index (κ3) is 1.54. The van der Waals surface area contributed by atoms with Gasteiger partial charge in [-0.3, -0.25) is 19.7 Å².